The average Bonchev–Trinajstić information content (AvgIpc) is 3.57. The molecule has 13 heteroatoms. The van der Waals surface area contributed by atoms with Gasteiger partial charge in [-0.15, -0.1) is 0 Å². The van der Waals surface area contributed by atoms with E-state index in [9.17, 15) is 18.7 Å². The minimum absolute atomic E-state index is 0.00250. The highest BCUT2D eigenvalue weighted by Crippen LogP contribution is 2.41. The van der Waals surface area contributed by atoms with Gasteiger partial charge < -0.3 is 19.1 Å². The lowest BCUT2D eigenvalue weighted by molar-refractivity contribution is 0.0696. The van der Waals surface area contributed by atoms with Crippen LogP contribution in [0.5, 0.6) is 5.88 Å². The summed E-state index contributed by atoms with van der Waals surface area (Å²) in [5, 5.41) is 18.4. The van der Waals surface area contributed by atoms with Crippen molar-refractivity contribution >= 4 is 17.0 Å². The first-order valence-electron chi connectivity index (χ1n) is 14.3. The number of aromatic carboxylic acids is 1. The van der Waals surface area contributed by atoms with Crippen LogP contribution in [0.1, 0.15) is 52.8 Å². The molecule has 0 amide bonds. The third-order valence-corrected chi connectivity index (χ3v) is 8.17. The number of nitrogens with zero attached hydrogens (tertiary/aromatic N) is 4. The Labute approximate surface area is 264 Å². The Morgan fingerprint density at radius 2 is 1.81 bits per heavy atom. The first-order valence-corrected chi connectivity index (χ1v) is 14.3. The van der Waals surface area contributed by atoms with Crippen molar-refractivity contribution in [1.82, 2.24) is 14.5 Å². The molecule has 240 valence electrons. The van der Waals surface area contributed by atoms with Crippen molar-refractivity contribution in [3.63, 3.8) is 0 Å². The van der Waals surface area contributed by atoms with Gasteiger partial charge in [-0.25, -0.2) is 36.7 Å². The van der Waals surface area contributed by atoms with Crippen molar-refractivity contribution in [3.05, 3.63) is 112 Å². The molecule has 1 aliphatic heterocycles. The van der Waals surface area contributed by atoms with Crippen LogP contribution in [0.3, 0.4) is 0 Å². The molecule has 1 atom stereocenters. The van der Waals surface area contributed by atoms with Gasteiger partial charge in [-0.3, -0.25) is 0 Å². The van der Waals surface area contributed by atoms with Crippen molar-refractivity contribution in [2.45, 2.75) is 32.9 Å². The van der Waals surface area contributed by atoms with Crippen LogP contribution < -0.4 is 4.74 Å². The molecule has 2 aromatic heterocycles. The smallest absolute Gasteiger partial charge is 0.335 e. The highest BCUT2D eigenvalue weighted by molar-refractivity contribution is 5.93. The Bertz CT molecular complexity index is 2110. The van der Waals surface area contributed by atoms with Crippen molar-refractivity contribution in [2.24, 2.45) is 5.41 Å². The maximum Gasteiger partial charge on any atom is 0.335 e. The number of aromatic nitrogens is 3. The van der Waals surface area contributed by atoms with Gasteiger partial charge in [0.15, 0.2) is 17.5 Å². The van der Waals surface area contributed by atoms with Crippen molar-refractivity contribution < 1.29 is 41.3 Å². The maximum atomic E-state index is 15.6. The molecule has 0 bridgehead atoms. The van der Waals surface area contributed by atoms with E-state index in [1.54, 1.807) is 10.6 Å². The van der Waals surface area contributed by atoms with E-state index in [0.29, 0.717) is 6.61 Å². The number of carboxylic acid groups (broad SMARTS) is 1. The predicted molar refractivity (Wildman–Crippen MR) is 158 cm³/mol. The largest absolute Gasteiger partial charge is 0.478 e. The second-order valence-corrected chi connectivity index (χ2v) is 11.8. The van der Waals surface area contributed by atoms with Gasteiger partial charge in [0.05, 0.1) is 41.6 Å². The van der Waals surface area contributed by atoms with Crippen molar-refractivity contribution in [2.75, 3.05) is 13.2 Å². The topological polar surface area (TPSA) is 110 Å². The van der Waals surface area contributed by atoms with E-state index in [4.69, 9.17) is 14.7 Å². The second kappa shape index (κ2) is 12.1. The molecule has 0 spiro atoms. The van der Waals surface area contributed by atoms with Crippen LogP contribution in [0.15, 0.2) is 54.6 Å². The summed E-state index contributed by atoms with van der Waals surface area (Å²) in [6.07, 6.45) is -0.255. The minimum atomic E-state index is -1.33. The lowest BCUT2D eigenvalue weighted by atomic mass is 9.87. The summed E-state index contributed by atoms with van der Waals surface area (Å²) in [6, 6.07) is 11.8. The molecule has 1 fully saturated rings. The van der Waals surface area contributed by atoms with Crippen LogP contribution in [0, 0.1) is 45.8 Å². The zero-order valence-corrected chi connectivity index (χ0v) is 25.0. The third-order valence-electron chi connectivity index (χ3n) is 8.17. The summed E-state index contributed by atoms with van der Waals surface area (Å²) in [5.74, 6) is -6.27. The Kier molecular flexibility index (Phi) is 8.15. The molecule has 6 rings (SSSR count). The molecule has 47 heavy (non-hydrogen) atoms. The van der Waals surface area contributed by atoms with Crippen LogP contribution in [-0.2, 0) is 17.8 Å². The number of benzene rings is 3. The lowest BCUT2D eigenvalue weighted by Gasteiger charge is -2.28. The first kappa shape index (κ1) is 31.6. The molecule has 1 saturated heterocycles. The van der Waals surface area contributed by atoms with E-state index >= 15 is 13.2 Å². The van der Waals surface area contributed by atoms with Crippen LogP contribution in [0.25, 0.3) is 22.3 Å². The number of rotatable bonds is 8. The van der Waals surface area contributed by atoms with Gasteiger partial charge in [0.1, 0.15) is 35.7 Å². The number of hydrogen-bond donors (Lipinski definition) is 1. The average molecular weight is 649 g/mol. The Hall–Kier alpha value is -5.35. The molecule has 3 heterocycles. The molecule has 0 saturated carbocycles. The molecule has 1 N–H and O–H groups in total. The number of carbonyl (C=O) groups is 1. The zero-order chi connectivity index (χ0) is 33.6. The number of halogens is 5. The van der Waals surface area contributed by atoms with Gasteiger partial charge in [-0.1, -0.05) is 26.0 Å². The van der Waals surface area contributed by atoms with E-state index < -0.39 is 58.7 Å². The minimum Gasteiger partial charge on any atom is -0.478 e. The fraction of sp³-hybridized carbons (Fsp3) is 0.235. The molecule has 1 aliphatic rings. The van der Waals surface area contributed by atoms with E-state index in [2.05, 4.69) is 9.97 Å². The Balaban J connectivity index is 1.32. The Morgan fingerprint density at radius 3 is 2.51 bits per heavy atom. The van der Waals surface area contributed by atoms with Gasteiger partial charge in [-0.05, 0) is 42.0 Å². The SMILES string of the molecule is CC1(C)COCC1n1c(Cc2cc(F)c(-c3cccc(OCc4ccc(C#N)c(F)c4F)n3)cc2F)nc2c(F)cc(C(=O)O)cc21. The second-order valence-electron chi connectivity index (χ2n) is 11.8. The highest BCUT2D eigenvalue weighted by atomic mass is 19.2. The van der Waals surface area contributed by atoms with Gasteiger partial charge in [-0.2, -0.15) is 5.26 Å². The zero-order valence-electron chi connectivity index (χ0n) is 25.0. The summed E-state index contributed by atoms with van der Waals surface area (Å²) in [7, 11) is 0. The standard InChI is InChI=1S/C34H25F5N4O4/c1-34(2)16-46-15-27(34)43-26-10-20(33(44)45)9-24(37)32(26)42-28(43)11-19-8-23(36)21(12-22(19)35)25-4-3-5-29(41-25)47-14-18-7-6-17(13-40)30(38)31(18)39/h3-10,12,27H,11,14-16H2,1-2H3,(H,44,45). The van der Waals surface area contributed by atoms with E-state index in [-0.39, 0.29) is 63.7 Å². The quantitative estimate of drug-likeness (QED) is 0.178. The van der Waals surface area contributed by atoms with Gasteiger partial charge in [0.25, 0.3) is 0 Å². The summed E-state index contributed by atoms with van der Waals surface area (Å²) >= 11 is 0. The summed E-state index contributed by atoms with van der Waals surface area (Å²) in [6.45, 7) is 3.99. The lowest BCUT2D eigenvalue weighted by Crippen LogP contribution is -2.27. The number of nitriles is 1. The molecule has 1 unspecified atom stereocenters. The van der Waals surface area contributed by atoms with Crippen LogP contribution in [0.2, 0.25) is 0 Å². The Morgan fingerprint density at radius 1 is 1.02 bits per heavy atom. The van der Waals surface area contributed by atoms with Crippen molar-refractivity contribution in [1.29, 1.82) is 5.26 Å². The summed E-state index contributed by atoms with van der Waals surface area (Å²) in [4.78, 5) is 20.3. The third kappa shape index (κ3) is 5.88. The van der Waals surface area contributed by atoms with E-state index in [1.807, 2.05) is 13.8 Å². The first-order chi connectivity index (χ1) is 22.4. The van der Waals surface area contributed by atoms with E-state index in [0.717, 1.165) is 24.3 Å². The molecule has 8 nitrogen and oxygen atoms in total. The maximum absolute atomic E-state index is 15.6. The number of hydrogen-bond acceptors (Lipinski definition) is 6. The van der Waals surface area contributed by atoms with Crippen molar-refractivity contribution in [3.8, 4) is 23.2 Å². The van der Waals surface area contributed by atoms with Crippen LogP contribution >= 0.6 is 0 Å². The van der Waals surface area contributed by atoms with Gasteiger partial charge in [0.2, 0.25) is 5.88 Å². The number of fused-ring (bicyclic) bond motifs is 1. The van der Waals surface area contributed by atoms with Gasteiger partial charge >= 0.3 is 5.97 Å². The monoisotopic (exact) mass is 648 g/mol. The molecule has 3 aromatic carbocycles. The molecule has 0 aliphatic carbocycles. The predicted octanol–water partition coefficient (Wildman–Crippen LogP) is 7.13. The molecule has 0 radical (unpaired) electrons. The molecular formula is C34H25F5N4O4. The van der Waals surface area contributed by atoms with Crippen LogP contribution in [0.4, 0.5) is 22.0 Å². The van der Waals surface area contributed by atoms with Gasteiger partial charge in [0, 0.05) is 29.0 Å². The highest BCUT2D eigenvalue weighted by Gasteiger charge is 2.39. The number of carboxylic acids is 1. The van der Waals surface area contributed by atoms with Crippen LogP contribution in [-0.4, -0.2) is 38.8 Å². The fourth-order valence-electron chi connectivity index (χ4n) is 5.65. The number of ether oxygens (including phenoxy) is 2. The van der Waals surface area contributed by atoms with E-state index in [1.165, 1.54) is 30.3 Å². The number of imidazole rings is 1. The molecular weight excluding hydrogens is 623 g/mol. The fourth-order valence-corrected chi connectivity index (χ4v) is 5.65. The summed E-state index contributed by atoms with van der Waals surface area (Å²) in [5.41, 5.74) is -1.59. The normalized spacial score (nSPS) is 15.6. The summed E-state index contributed by atoms with van der Waals surface area (Å²) < 4.78 is 87.4. The number of pyridine rings is 1. The molecule has 5 aromatic rings.